The van der Waals surface area contributed by atoms with Crippen molar-refractivity contribution in [3.05, 3.63) is 59.9 Å². The maximum atomic E-state index is 5.60. The van der Waals surface area contributed by atoms with E-state index in [2.05, 4.69) is 52.5 Å². The number of aromatic nitrogens is 2. The summed E-state index contributed by atoms with van der Waals surface area (Å²) >= 11 is 5.60. The molecule has 4 rings (SSSR count). The van der Waals surface area contributed by atoms with Crippen LogP contribution in [0.1, 0.15) is 30.1 Å². The molecule has 5 heteroatoms. The van der Waals surface area contributed by atoms with Crippen molar-refractivity contribution in [3.63, 3.8) is 0 Å². The molecule has 128 valence electrons. The molecule has 2 aromatic carbocycles. The van der Waals surface area contributed by atoms with Crippen molar-refractivity contribution in [1.82, 2.24) is 14.9 Å². The summed E-state index contributed by atoms with van der Waals surface area (Å²) in [7, 11) is 0. The van der Waals surface area contributed by atoms with Crippen LogP contribution in [0.2, 0.25) is 0 Å². The van der Waals surface area contributed by atoms with Crippen LogP contribution < -0.4 is 5.32 Å². The highest BCUT2D eigenvalue weighted by molar-refractivity contribution is 7.80. The summed E-state index contributed by atoms with van der Waals surface area (Å²) in [4.78, 5) is 10.5. The monoisotopic (exact) mass is 350 g/mol. The molecule has 25 heavy (non-hydrogen) atoms. The van der Waals surface area contributed by atoms with Crippen LogP contribution in [-0.2, 0) is 0 Å². The summed E-state index contributed by atoms with van der Waals surface area (Å²) < 4.78 is 0. The quantitative estimate of drug-likeness (QED) is 0.670. The maximum absolute atomic E-state index is 5.60. The summed E-state index contributed by atoms with van der Waals surface area (Å²) in [6.45, 7) is 4.01. The number of rotatable bonds is 2. The van der Waals surface area contributed by atoms with Gasteiger partial charge in [-0.1, -0.05) is 24.3 Å². The Morgan fingerprint density at radius 2 is 1.96 bits per heavy atom. The van der Waals surface area contributed by atoms with Crippen molar-refractivity contribution in [2.45, 2.75) is 25.7 Å². The Hall–Kier alpha value is -2.40. The number of H-pyrrole nitrogens is 1. The lowest BCUT2D eigenvalue weighted by Gasteiger charge is -2.33. The van der Waals surface area contributed by atoms with Gasteiger partial charge >= 0.3 is 0 Å². The first kappa shape index (κ1) is 16.1. The molecule has 0 saturated carbocycles. The van der Waals surface area contributed by atoms with Gasteiger partial charge in [-0.05, 0) is 61.8 Å². The van der Waals surface area contributed by atoms with Gasteiger partial charge in [-0.3, -0.25) is 0 Å². The van der Waals surface area contributed by atoms with E-state index in [9.17, 15) is 0 Å². The van der Waals surface area contributed by atoms with E-state index in [4.69, 9.17) is 17.2 Å². The van der Waals surface area contributed by atoms with Gasteiger partial charge in [-0.2, -0.15) is 0 Å². The third-order valence-corrected chi connectivity index (χ3v) is 5.21. The molecular formula is C20H22N4S. The zero-order chi connectivity index (χ0) is 17.2. The van der Waals surface area contributed by atoms with Crippen molar-refractivity contribution in [1.29, 1.82) is 0 Å². The summed E-state index contributed by atoms with van der Waals surface area (Å²) in [5, 5.41) is 4.18. The number of thiocarbonyl (C=S) groups is 1. The number of hydrogen-bond acceptors (Lipinski definition) is 2. The highest BCUT2D eigenvalue weighted by Crippen LogP contribution is 2.28. The van der Waals surface area contributed by atoms with Crippen LogP contribution in [-0.4, -0.2) is 33.1 Å². The second-order valence-electron chi connectivity index (χ2n) is 6.70. The number of imidazole rings is 1. The number of aryl methyl sites for hydroxylation is 1. The van der Waals surface area contributed by atoms with E-state index in [0.29, 0.717) is 5.92 Å². The van der Waals surface area contributed by atoms with Crippen LogP contribution >= 0.6 is 12.2 Å². The molecule has 0 aliphatic carbocycles. The van der Waals surface area contributed by atoms with Gasteiger partial charge in [0.25, 0.3) is 0 Å². The Balaban J connectivity index is 1.38. The molecule has 0 spiro atoms. The van der Waals surface area contributed by atoms with E-state index < -0.39 is 0 Å². The number of nitrogens with zero attached hydrogens (tertiary/aromatic N) is 2. The van der Waals surface area contributed by atoms with E-state index in [1.807, 2.05) is 18.2 Å². The molecule has 1 aliphatic heterocycles. The molecule has 0 radical (unpaired) electrons. The molecular weight excluding hydrogens is 328 g/mol. The van der Waals surface area contributed by atoms with Gasteiger partial charge in [0.05, 0.1) is 11.0 Å². The highest BCUT2D eigenvalue weighted by Gasteiger charge is 2.24. The predicted octanol–water partition coefficient (Wildman–Crippen LogP) is 4.45. The van der Waals surface area contributed by atoms with Gasteiger partial charge < -0.3 is 15.2 Å². The zero-order valence-corrected chi connectivity index (χ0v) is 15.1. The Morgan fingerprint density at radius 3 is 2.72 bits per heavy atom. The summed E-state index contributed by atoms with van der Waals surface area (Å²) in [5.74, 6) is 1.59. The van der Waals surface area contributed by atoms with Crippen molar-refractivity contribution in [2.75, 3.05) is 18.4 Å². The van der Waals surface area contributed by atoms with E-state index in [1.165, 1.54) is 5.56 Å². The van der Waals surface area contributed by atoms with Gasteiger partial charge in [-0.25, -0.2) is 4.98 Å². The number of anilines is 1. The van der Waals surface area contributed by atoms with E-state index >= 15 is 0 Å². The second-order valence-corrected chi connectivity index (χ2v) is 7.09. The first-order valence-corrected chi connectivity index (χ1v) is 9.17. The van der Waals surface area contributed by atoms with Gasteiger partial charge in [0, 0.05) is 24.7 Å². The largest absolute Gasteiger partial charge is 0.349 e. The fraction of sp³-hybridized carbons (Fsp3) is 0.300. The Kier molecular flexibility index (Phi) is 4.40. The minimum absolute atomic E-state index is 0.477. The molecule has 2 heterocycles. The number of aromatic amines is 1. The molecule has 0 unspecified atom stereocenters. The third-order valence-electron chi connectivity index (χ3n) is 4.85. The van der Waals surface area contributed by atoms with Crippen molar-refractivity contribution < 1.29 is 0 Å². The second kappa shape index (κ2) is 6.84. The number of para-hydroxylation sites is 2. The topological polar surface area (TPSA) is 44.0 Å². The average Bonchev–Trinajstić information content (AvgIpc) is 3.06. The summed E-state index contributed by atoms with van der Waals surface area (Å²) in [5.41, 5.74) is 4.47. The molecule has 1 aliphatic rings. The summed E-state index contributed by atoms with van der Waals surface area (Å²) in [6.07, 6.45) is 2.13. The van der Waals surface area contributed by atoms with Gasteiger partial charge in [0.15, 0.2) is 5.11 Å². The fourth-order valence-corrected chi connectivity index (χ4v) is 3.75. The number of hydrogen-bond donors (Lipinski definition) is 2. The van der Waals surface area contributed by atoms with Crippen LogP contribution in [0.15, 0.2) is 48.5 Å². The Bertz CT molecular complexity index is 860. The molecule has 3 aromatic rings. The molecule has 2 N–H and O–H groups in total. The first-order valence-electron chi connectivity index (χ1n) is 8.76. The Labute approximate surface area is 153 Å². The predicted molar refractivity (Wildman–Crippen MR) is 107 cm³/mol. The smallest absolute Gasteiger partial charge is 0.173 e. The first-order chi connectivity index (χ1) is 12.2. The van der Waals surface area contributed by atoms with Crippen molar-refractivity contribution >= 4 is 34.1 Å². The minimum Gasteiger partial charge on any atom is -0.349 e. The molecule has 4 nitrogen and oxygen atoms in total. The zero-order valence-electron chi connectivity index (χ0n) is 14.3. The van der Waals surface area contributed by atoms with Gasteiger partial charge in [0.2, 0.25) is 0 Å². The highest BCUT2D eigenvalue weighted by atomic mass is 32.1. The van der Waals surface area contributed by atoms with E-state index in [-0.39, 0.29) is 0 Å². The number of piperidine rings is 1. The third kappa shape index (κ3) is 3.51. The van der Waals surface area contributed by atoms with E-state index in [0.717, 1.165) is 53.6 Å². The van der Waals surface area contributed by atoms with E-state index in [1.54, 1.807) is 0 Å². The number of nitrogens with one attached hydrogen (secondary N) is 2. The molecule has 0 atom stereocenters. The standard InChI is InChI=1S/C20H22N4S/c1-14-5-4-6-16(13-14)21-20(25)24-11-9-15(10-12-24)19-22-17-7-2-3-8-18(17)23-19/h2-8,13,15H,9-12H2,1H3,(H,21,25)(H,22,23). The SMILES string of the molecule is Cc1cccc(NC(=S)N2CCC(c3nc4ccccc4[nH]3)CC2)c1. The molecule has 1 fully saturated rings. The van der Waals surface area contributed by atoms with Crippen LogP contribution in [0.25, 0.3) is 11.0 Å². The lowest BCUT2D eigenvalue weighted by Crippen LogP contribution is -2.40. The van der Waals surface area contributed by atoms with Crippen molar-refractivity contribution in [3.8, 4) is 0 Å². The fourth-order valence-electron chi connectivity index (χ4n) is 3.45. The normalized spacial score (nSPS) is 15.5. The lowest BCUT2D eigenvalue weighted by molar-refractivity contribution is 0.311. The number of fused-ring (bicyclic) bond motifs is 1. The van der Waals surface area contributed by atoms with Gasteiger partial charge in [0.1, 0.15) is 5.82 Å². The average molecular weight is 350 g/mol. The molecule has 0 amide bonds. The Morgan fingerprint density at radius 1 is 1.16 bits per heavy atom. The maximum Gasteiger partial charge on any atom is 0.173 e. The van der Waals surface area contributed by atoms with Crippen LogP contribution in [0.5, 0.6) is 0 Å². The molecule has 1 saturated heterocycles. The number of likely N-dealkylation sites (tertiary alicyclic amines) is 1. The summed E-state index contributed by atoms with van der Waals surface area (Å²) in [6, 6.07) is 16.5. The van der Waals surface area contributed by atoms with Crippen LogP contribution in [0, 0.1) is 6.92 Å². The van der Waals surface area contributed by atoms with Crippen molar-refractivity contribution in [2.24, 2.45) is 0 Å². The van der Waals surface area contributed by atoms with Crippen LogP contribution in [0.3, 0.4) is 0 Å². The minimum atomic E-state index is 0.477. The number of benzene rings is 2. The van der Waals surface area contributed by atoms with Crippen LogP contribution in [0.4, 0.5) is 5.69 Å². The van der Waals surface area contributed by atoms with Gasteiger partial charge in [-0.15, -0.1) is 0 Å². The lowest BCUT2D eigenvalue weighted by atomic mass is 9.96. The molecule has 1 aromatic heterocycles. The molecule has 0 bridgehead atoms.